The average molecular weight is 531 g/mol. The van der Waals surface area contributed by atoms with Crippen LogP contribution in [0.5, 0.6) is 5.75 Å². The highest BCUT2D eigenvalue weighted by atomic mass is 19.1. The first kappa shape index (κ1) is 28.3. The number of amides is 1. The Balaban J connectivity index is 1.52. The molecule has 6 nitrogen and oxygen atoms in total. The standard InChI is InChI=1S/C32H39FN4O2/c1-4-36(5-2)18-10-12-24(3)35-31(38)21-28(26-15-9-16-27(33)20-26)29-22-34-32-30(17-11-19-37(29)32)39-23-25-13-7-6-8-14-25/h6-9,11,13-17,19-20,22,24,28H,4-5,10,12,18,21,23H2,1-3H3,(H,35,38). The average Bonchev–Trinajstić information content (AvgIpc) is 3.38. The predicted octanol–water partition coefficient (Wildman–Crippen LogP) is 6.20. The van der Waals surface area contributed by atoms with Crippen molar-refractivity contribution in [2.45, 2.75) is 58.6 Å². The highest BCUT2D eigenvalue weighted by molar-refractivity contribution is 5.78. The number of hydrogen-bond donors (Lipinski definition) is 1. The van der Waals surface area contributed by atoms with Crippen LogP contribution in [0.3, 0.4) is 0 Å². The van der Waals surface area contributed by atoms with Crippen molar-refractivity contribution in [2.75, 3.05) is 19.6 Å². The van der Waals surface area contributed by atoms with Crippen molar-refractivity contribution in [3.8, 4) is 5.75 Å². The summed E-state index contributed by atoms with van der Waals surface area (Å²) < 4.78 is 22.3. The fraction of sp³-hybridized carbons (Fsp3) is 0.375. The van der Waals surface area contributed by atoms with Crippen molar-refractivity contribution in [3.63, 3.8) is 0 Å². The number of nitrogens with one attached hydrogen (secondary N) is 1. The van der Waals surface area contributed by atoms with Gasteiger partial charge >= 0.3 is 0 Å². The molecule has 2 unspecified atom stereocenters. The number of pyridine rings is 1. The van der Waals surface area contributed by atoms with E-state index >= 15 is 0 Å². The minimum atomic E-state index is -0.372. The van der Waals surface area contributed by atoms with Crippen LogP contribution in [0.15, 0.2) is 79.1 Å². The van der Waals surface area contributed by atoms with E-state index < -0.39 is 0 Å². The quantitative estimate of drug-likeness (QED) is 0.211. The Morgan fingerprint density at radius 2 is 1.87 bits per heavy atom. The second-order valence-electron chi connectivity index (χ2n) is 9.97. The summed E-state index contributed by atoms with van der Waals surface area (Å²) in [4.78, 5) is 20.3. The van der Waals surface area contributed by atoms with Gasteiger partial charge in [0.1, 0.15) is 12.4 Å². The van der Waals surface area contributed by atoms with E-state index in [0.717, 1.165) is 49.3 Å². The highest BCUT2D eigenvalue weighted by Crippen LogP contribution is 2.31. The smallest absolute Gasteiger partial charge is 0.221 e. The number of ether oxygens (including phenoxy) is 1. The largest absolute Gasteiger partial charge is 0.485 e. The molecule has 4 aromatic rings. The molecule has 2 atom stereocenters. The van der Waals surface area contributed by atoms with Crippen molar-refractivity contribution < 1.29 is 13.9 Å². The lowest BCUT2D eigenvalue weighted by atomic mass is 9.92. The summed E-state index contributed by atoms with van der Waals surface area (Å²) in [6, 6.07) is 20.3. The summed E-state index contributed by atoms with van der Waals surface area (Å²) in [5.74, 6) is -0.116. The van der Waals surface area contributed by atoms with E-state index in [-0.39, 0.29) is 30.1 Å². The van der Waals surface area contributed by atoms with Crippen LogP contribution in [0.1, 0.15) is 62.8 Å². The highest BCUT2D eigenvalue weighted by Gasteiger charge is 2.24. The number of benzene rings is 2. The normalized spacial score (nSPS) is 12.9. The van der Waals surface area contributed by atoms with E-state index in [1.54, 1.807) is 12.3 Å². The van der Waals surface area contributed by atoms with Crippen LogP contribution in [0, 0.1) is 5.82 Å². The molecule has 0 aliphatic rings. The molecule has 0 saturated carbocycles. The Bertz CT molecular complexity index is 1340. The number of imidazole rings is 1. The van der Waals surface area contributed by atoms with Crippen LogP contribution < -0.4 is 10.1 Å². The fourth-order valence-corrected chi connectivity index (χ4v) is 4.98. The fourth-order valence-electron chi connectivity index (χ4n) is 4.98. The van der Waals surface area contributed by atoms with E-state index in [4.69, 9.17) is 4.74 Å². The zero-order chi connectivity index (χ0) is 27.6. The molecule has 0 aliphatic heterocycles. The number of aromatic nitrogens is 2. The van der Waals surface area contributed by atoms with E-state index in [9.17, 15) is 9.18 Å². The lowest BCUT2D eigenvalue weighted by Gasteiger charge is -2.21. The molecular weight excluding hydrogens is 491 g/mol. The number of nitrogens with zero attached hydrogens (tertiary/aromatic N) is 3. The van der Waals surface area contributed by atoms with Gasteiger partial charge < -0.3 is 19.4 Å². The van der Waals surface area contributed by atoms with Gasteiger partial charge in [-0.15, -0.1) is 0 Å². The van der Waals surface area contributed by atoms with Crippen molar-refractivity contribution in [3.05, 3.63) is 102 Å². The zero-order valence-corrected chi connectivity index (χ0v) is 23.1. The molecule has 0 spiro atoms. The summed E-state index contributed by atoms with van der Waals surface area (Å²) in [6.45, 7) is 9.89. The van der Waals surface area contributed by atoms with Gasteiger partial charge in [-0.25, -0.2) is 9.37 Å². The van der Waals surface area contributed by atoms with Crippen LogP contribution in [0.2, 0.25) is 0 Å². The van der Waals surface area contributed by atoms with Crippen molar-refractivity contribution in [1.82, 2.24) is 19.6 Å². The van der Waals surface area contributed by atoms with Gasteiger partial charge in [-0.05, 0) is 74.8 Å². The first-order valence-corrected chi connectivity index (χ1v) is 13.9. The molecule has 1 amide bonds. The number of fused-ring (bicyclic) bond motifs is 1. The molecule has 2 aromatic carbocycles. The van der Waals surface area contributed by atoms with Gasteiger partial charge in [0.05, 0.1) is 5.69 Å². The van der Waals surface area contributed by atoms with Gasteiger partial charge in [-0.2, -0.15) is 0 Å². The van der Waals surface area contributed by atoms with Gasteiger partial charge in [0.2, 0.25) is 5.91 Å². The Hall–Kier alpha value is -3.71. The first-order chi connectivity index (χ1) is 19.0. The minimum Gasteiger partial charge on any atom is -0.485 e. The molecule has 0 fully saturated rings. The Labute approximate surface area is 230 Å². The van der Waals surface area contributed by atoms with E-state index in [1.807, 2.05) is 66.1 Å². The molecular formula is C32H39FN4O2. The summed E-state index contributed by atoms with van der Waals surface area (Å²) in [7, 11) is 0. The van der Waals surface area contributed by atoms with E-state index in [1.165, 1.54) is 12.1 Å². The number of carbonyl (C=O) groups excluding carboxylic acids is 1. The summed E-state index contributed by atoms with van der Waals surface area (Å²) in [5.41, 5.74) is 3.27. The third-order valence-corrected chi connectivity index (χ3v) is 7.18. The van der Waals surface area contributed by atoms with Gasteiger partial charge in [-0.1, -0.05) is 56.3 Å². The molecule has 0 bridgehead atoms. The van der Waals surface area contributed by atoms with Gasteiger partial charge in [0.15, 0.2) is 11.4 Å². The third kappa shape index (κ3) is 7.67. The molecule has 1 N–H and O–H groups in total. The summed E-state index contributed by atoms with van der Waals surface area (Å²) in [6.07, 6.45) is 5.79. The number of carbonyl (C=O) groups is 1. The van der Waals surface area contributed by atoms with Crippen LogP contribution in [0.4, 0.5) is 4.39 Å². The second kappa shape index (κ2) is 13.9. The molecule has 4 rings (SSSR count). The molecule has 39 heavy (non-hydrogen) atoms. The van der Waals surface area contributed by atoms with Gasteiger partial charge in [0, 0.05) is 30.8 Å². The van der Waals surface area contributed by atoms with Crippen molar-refractivity contribution >= 4 is 11.6 Å². The molecule has 7 heteroatoms. The maximum atomic E-state index is 14.3. The lowest BCUT2D eigenvalue weighted by molar-refractivity contribution is -0.122. The molecule has 0 aliphatic carbocycles. The molecule has 0 radical (unpaired) electrons. The molecule has 206 valence electrons. The Morgan fingerprint density at radius 3 is 2.62 bits per heavy atom. The van der Waals surface area contributed by atoms with Gasteiger partial charge in [-0.3, -0.25) is 4.79 Å². The zero-order valence-electron chi connectivity index (χ0n) is 23.1. The lowest BCUT2D eigenvalue weighted by Crippen LogP contribution is -2.34. The van der Waals surface area contributed by atoms with Crippen LogP contribution in [-0.2, 0) is 11.4 Å². The summed E-state index contributed by atoms with van der Waals surface area (Å²) >= 11 is 0. The molecule has 2 heterocycles. The van der Waals surface area contributed by atoms with Crippen molar-refractivity contribution in [1.29, 1.82) is 0 Å². The Morgan fingerprint density at radius 1 is 1.08 bits per heavy atom. The SMILES string of the molecule is CCN(CC)CCCC(C)NC(=O)CC(c1cccc(F)c1)c1cnc2c(OCc3ccccc3)cccn12. The number of halogens is 1. The van der Waals surface area contributed by atoms with Crippen molar-refractivity contribution in [2.24, 2.45) is 0 Å². The molecule has 0 saturated heterocycles. The van der Waals surface area contributed by atoms with Crippen LogP contribution >= 0.6 is 0 Å². The monoisotopic (exact) mass is 530 g/mol. The van der Waals surface area contributed by atoms with Gasteiger partial charge in [0.25, 0.3) is 0 Å². The summed E-state index contributed by atoms with van der Waals surface area (Å²) in [5, 5.41) is 3.16. The maximum Gasteiger partial charge on any atom is 0.221 e. The maximum absolute atomic E-state index is 14.3. The topological polar surface area (TPSA) is 58.9 Å². The Kier molecular flexibility index (Phi) is 10.1. The second-order valence-corrected chi connectivity index (χ2v) is 9.97. The number of rotatable bonds is 14. The first-order valence-electron chi connectivity index (χ1n) is 13.9. The predicted molar refractivity (Wildman–Crippen MR) is 153 cm³/mol. The van der Waals surface area contributed by atoms with Crippen LogP contribution in [0.25, 0.3) is 5.65 Å². The molecule has 2 aromatic heterocycles. The minimum absolute atomic E-state index is 0.0568. The number of hydrogen-bond acceptors (Lipinski definition) is 4. The van der Waals surface area contributed by atoms with E-state index in [2.05, 4.69) is 29.0 Å². The van der Waals surface area contributed by atoms with E-state index in [0.29, 0.717) is 18.0 Å². The van der Waals surface area contributed by atoms with Crippen LogP contribution in [-0.4, -0.2) is 45.9 Å². The third-order valence-electron chi connectivity index (χ3n) is 7.18.